The Labute approximate surface area is 108 Å². The Balaban J connectivity index is 2.21. The maximum atomic E-state index is 13.2. The van der Waals surface area contributed by atoms with Crippen molar-refractivity contribution >= 4 is 28.6 Å². The van der Waals surface area contributed by atoms with E-state index >= 15 is 0 Å². The molecule has 2 aromatic rings. The lowest BCUT2D eigenvalue weighted by Crippen LogP contribution is -2.10. The van der Waals surface area contributed by atoms with Crippen molar-refractivity contribution in [1.82, 2.24) is 0 Å². The van der Waals surface area contributed by atoms with E-state index in [1.165, 1.54) is 23.5 Å². The number of hydrogen-bond acceptors (Lipinski definition) is 3. The molecule has 0 spiro atoms. The Morgan fingerprint density at radius 2 is 2.00 bits per heavy atom. The van der Waals surface area contributed by atoms with E-state index < -0.39 is 0 Å². The average Bonchev–Trinajstić information content (AvgIpc) is 2.57. The van der Waals surface area contributed by atoms with E-state index in [0.29, 0.717) is 16.3 Å². The molecule has 0 atom stereocenters. The first kappa shape index (κ1) is 12.6. The van der Waals surface area contributed by atoms with Gasteiger partial charge in [-0.3, -0.25) is 4.79 Å². The van der Waals surface area contributed by atoms with Gasteiger partial charge in [-0.1, -0.05) is 0 Å². The van der Waals surface area contributed by atoms with Crippen LogP contribution in [0.4, 0.5) is 15.8 Å². The molecule has 0 saturated heterocycles. The van der Waals surface area contributed by atoms with Crippen LogP contribution < -0.4 is 11.1 Å². The van der Waals surface area contributed by atoms with Crippen LogP contribution in [0.1, 0.15) is 20.1 Å². The maximum absolute atomic E-state index is 13.2. The third-order valence-electron chi connectivity index (χ3n) is 2.48. The van der Waals surface area contributed by atoms with E-state index in [9.17, 15) is 9.18 Å². The molecular weight excluding hydrogens is 251 g/mol. The molecule has 0 bridgehead atoms. The molecule has 1 heterocycles. The van der Waals surface area contributed by atoms with Crippen LogP contribution in [-0.2, 0) is 0 Å². The molecule has 0 saturated carbocycles. The molecule has 0 aliphatic heterocycles. The molecule has 0 radical (unpaired) electrons. The number of carbonyl (C=O) groups excluding carboxylic acids is 1. The predicted octanol–water partition coefficient (Wildman–Crippen LogP) is 3.34. The number of amides is 1. The number of carbonyl (C=O) groups is 1. The van der Waals surface area contributed by atoms with Crippen molar-refractivity contribution in [1.29, 1.82) is 0 Å². The highest BCUT2D eigenvalue weighted by atomic mass is 32.1. The van der Waals surface area contributed by atoms with Gasteiger partial charge in [-0.2, -0.15) is 0 Å². The van der Waals surface area contributed by atoms with Gasteiger partial charge < -0.3 is 11.1 Å². The van der Waals surface area contributed by atoms with Crippen LogP contribution in [0.3, 0.4) is 0 Å². The highest BCUT2D eigenvalue weighted by molar-refractivity contribution is 7.14. The second kappa shape index (κ2) is 4.78. The van der Waals surface area contributed by atoms with Crippen LogP contribution in [0.25, 0.3) is 0 Å². The molecule has 3 N–H and O–H groups in total. The van der Waals surface area contributed by atoms with Crippen LogP contribution in [-0.4, -0.2) is 5.91 Å². The molecule has 2 rings (SSSR count). The van der Waals surface area contributed by atoms with Crippen molar-refractivity contribution in [2.24, 2.45) is 0 Å². The van der Waals surface area contributed by atoms with Crippen molar-refractivity contribution in [3.05, 3.63) is 45.4 Å². The zero-order valence-electron chi connectivity index (χ0n) is 10.1. The number of benzene rings is 1. The molecule has 1 aromatic heterocycles. The molecule has 3 nitrogen and oxygen atoms in total. The topological polar surface area (TPSA) is 55.1 Å². The SMILES string of the molecule is Cc1cc(F)cc(NC(=O)c2cc(N)c(C)s2)c1. The van der Waals surface area contributed by atoms with Gasteiger partial charge in [-0.25, -0.2) is 4.39 Å². The van der Waals surface area contributed by atoms with E-state index in [-0.39, 0.29) is 11.7 Å². The van der Waals surface area contributed by atoms with Crippen molar-refractivity contribution in [3.8, 4) is 0 Å². The summed E-state index contributed by atoms with van der Waals surface area (Å²) in [6.45, 7) is 3.62. The van der Waals surface area contributed by atoms with Gasteiger partial charge in [0.2, 0.25) is 0 Å². The number of anilines is 2. The Morgan fingerprint density at radius 1 is 1.28 bits per heavy atom. The van der Waals surface area contributed by atoms with Gasteiger partial charge in [0.05, 0.1) is 4.88 Å². The number of aryl methyl sites for hydroxylation is 2. The smallest absolute Gasteiger partial charge is 0.265 e. The fourth-order valence-corrected chi connectivity index (χ4v) is 2.45. The summed E-state index contributed by atoms with van der Waals surface area (Å²) in [6, 6.07) is 6.03. The van der Waals surface area contributed by atoms with Crippen LogP contribution in [0.15, 0.2) is 24.3 Å². The summed E-state index contributed by atoms with van der Waals surface area (Å²) in [5, 5.41) is 2.66. The molecular formula is C13H13FN2OS. The number of halogens is 1. The molecule has 0 aliphatic carbocycles. The van der Waals surface area contributed by atoms with Crippen molar-refractivity contribution in [2.45, 2.75) is 13.8 Å². The van der Waals surface area contributed by atoms with E-state index in [2.05, 4.69) is 5.32 Å². The summed E-state index contributed by atoms with van der Waals surface area (Å²) in [4.78, 5) is 13.3. The average molecular weight is 264 g/mol. The third kappa shape index (κ3) is 2.68. The van der Waals surface area contributed by atoms with Crippen LogP contribution >= 0.6 is 11.3 Å². The molecule has 0 fully saturated rings. The lowest BCUT2D eigenvalue weighted by Gasteiger charge is -2.04. The van der Waals surface area contributed by atoms with Crippen LogP contribution in [0.2, 0.25) is 0 Å². The van der Waals surface area contributed by atoms with Gasteiger partial charge in [0, 0.05) is 16.3 Å². The quantitative estimate of drug-likeness (QED) is 0.874. The second-order valence-electron chi connectivity index (χ2n) is 4.09. The van der Waals surface area contributed by atoms with E-state index in [0.717, 1.165) is 10.4 Å². The molecule has 18 heavy (non-hydrogen) atoms. The summed E-state index contributed by atoms with van der Waals surface area (Å²) in [7, 11) is 0. The molecule has 5 heteroatoms. The highest BCUT2D eigenvalue weighted by Gasteiger charge is 2.11. The van der Waals surface area contributed by atoms with Gasteiger partial charge in [0.25, 0.3) is 5.91 Å². The first-order chi connectivity index (χ1) is 8.45. The number of rotatable bonds is 2. The van der Waals surface area contributed by atoms with Crippen molar-refractivity contribution < 1.29 is 9.18 Å². The summed E-state index contributed by atoms with van der Waals surface area (Å²) < 4.78 is 13.2. The summed E-state index contributed by atoms with van der Waals surface area (Å²) in [5.74, 6) is -0.642. The minimum atomic E-state index is -0.368. The van der Waals surface area contributed by atoms with E-state index in [1.54, 1.807) is 19.1 Å². The first-order valence-electron chi connectivity index (χ1n) is 5.40. The third-order valence-corrected chi connectivity index (χ3v) is 3.55. The number of nitrogens with two attached hydrogens (primary N) is 1. The van der Waals surface area contributed by atoms with E-state index in [1.807, 2.05) is 6.92 Å². The van der Waals surface area contributed by atoms with Gasteiger partial charge in [-0.15, -0.1) is 11.3 Å². The lowest BCUT2D eigenvalue weighted by atomic mass is 10.2. The Bertz CT molecular complexity index is 567. The summed E-state index contributed by atoms with van der Waals surface area (Å²) in [6.07, 6.45) is 0. The molecule has 1 amide bonds. The molecule has 0 aliphatic rings. The summed E-state index contributed by atoms with van der Waals surface area (Å²) in [5.41, 5.74) is 7.49. The number of thiophene rings is 1. The fourth-order valence-electron chi connectivity index (χ4n) is 1.61. The minimum Gasteiger partial charge on any atom is -0.398 e. The Hall–Kier alpha value is -1.88. The minimum absolute atomic E-state index is 0.273. The maximum Gasteiger partial charge on any atom is 0.265 e. The van der Waals surface area contributed by atoms with Gasteiger partial charge in [0.15, 0.2) is 0 Å². The number of nitrogens with one attached hydrogen (secondary N) is 1. The summed E-state index contributed by atoms with van der Waals surface area (Å²) >= 11 is 1.32. The standard InChI is InChI=1S/C13H13FN2OS/c1-7-3-9(14)5-10(4-7)16-13(17)12-6-11(15)8(2)18-12/h3-6H,15H2,1-2H3,(H,16,17). The zero-order chi connectivity index (χ0) is 13.3. The van der Waals surface area contributed by atoms with Crippen LogP contribution in [0, 0.1) is 19.7 Å². The Kier molecular flexibility index (Phi) is 3.34. The second-order valence-corrected chi connectivity index (χ2v) is 5.35. The predicted molar refractivity (Wildman–Crippen MR) is 72.6 cm³/mol. The van der Waals surface area contributed by atoms with Gasteiger partial charge in [0.1, 0.15) is 5.82 Å². The number of hydrogen-bond donors (Lipinski definition) is 2. The van der Waals surface area contributed by atoms with Crippen LogP contribution in [0.5, 0.6) is 0 Å². The van der Waals surface area contributed by atoms with Gasteiger partial charge in [-0.05, 0) is 43.7 Å². The first-order valence-corrected chi connectivity index (χ1v) is 6.22. The fraction of sp³-hybridized carbons (Fsp3) is 0.154. The normalized spacial score (nSPS) is 10.4. The molecule has 0 unspecified atom stereocenters. The number of nitrogen functional groups attached to an aromatic ring is 1. The monoisotopic (exact) mass is 264 g/mol. The van der Waals surface area contributed by atoms with Crippen molar-refractivity contribution in [2.75, 3.05) is 11.1 Å². The molecule has 94 valence electrons. The van der Waals surface area contributed by atoms with E-state index in [4.69, 9.17) is 5.73 Å². The lowest BCUT2D eigenvalue weighted by molar-refractivity contribution is 0.103. The van der Waals surface area contributed by atoms with Gasteiger partial charge >= 0.3 is 0 Å². The largest absolute Gasteiger partial charge is 0.398 e. The zero-order valence-corrected chi connectivity index (χ0v) is 10.9. The molecule has 1 aromatic carbocycles. The Morgan fingerprint density at radius 3 is 2.56 bits per heavy atom. The highest BCUT2D eigenvalue weighted by Crippen LogP contribution is 2.24. The van der Waals surface area contributed by atoms with Crippen molar-refractivity contribution in [3.63, 3.8) is 0 Å².